The van der Waals surface area contributed by atoms with Crippen LogP contribution in [0.5, 0.6) is 0 Å². The monoisotopic (exact) mass is 382 g/mol. The summed E-state index contributed by atoms with van der Waals surface area (Å²) in [6, 6.07) is 15.8. The van der Waals surface area contributed by atoms with E-state index in [2.05, 4.69) is 14.3 Å². The molecule has 0 atom stereocenters. The van der Waals surface area contributed by atoms with Crippen LogP contribution < -0.4 is 4.90 Å². The molecule has 138 valence electrons. The molecule has 1 aliphatic heterocycles. The molecule has 0 spiro atoms. The van der Waals surface area contributed by atoms with Crippen LogP contribution in [-0.2, 0) is 0 Å². The molecule has 0 bridgehead atoms. The smallest absolute Gasteiger partial charge is 0.254 e. The maximum Gasteiger partial charge on any atom is 0.254 e. The van der Waals surface area contributed by atoms with Gasteiger partial charge in [-0.3, -0.25) is 4.79 Å². The fraction of sp³-hybridized carbons (Fsp3) is 0.250. The van der Waals surface area contributed by atoms with Crippen LogP contribution in [0.25, 0.3) is 11.4 Å². The Kier molecular flexibility index (Phi) is 5.11. The summed E-state index contributed by atoms with van der Waals surface area (Å²) in [5, 5.41) is 0.869. The zero-order chi connectivity index (χ0) is 18.6. The van der Waals surface area contributed by atoms with Gasteiger partial charge in [0.25, 0.3) is 5.91 Å². The van der Waals surface area contributed by atoms with E-state index in [1.165, 1.54) is 23.7 Å². The van der Waals surface area contributed by atoms with Crippen molar-refractivity contribution < 1.29 is 9.18 Å². The van der Waals surface area contributed by atoms with Crippen LogP contribution >= 0.6 is 11.5 Å². The minimum Gasteiger partial charge on any atom is -0.345 e. The fourth-order valence-electron chi connectivity index (χ4n) is 3.16. The van der Waals surface area contributed by atoms with Crippen LogP contribution in [0.3, 0.4) is 0 Å². The second kappa shape index (κ2) is 7.84. The van der Waals surface area contributed by atoms with Gasteiger partial charge in [-0.1, -0.05) is 36.4 Å². The molecule has 1 aromatic heterocycles. The summed E-state index contributed by atoms with van der Waals surface area (Å²) < 4.78 is 17.9. The van der Waals surface area contributed by atoms with Gasteiger partial charge >= 0.3 is 0 Å². The van der Waals surface area contributed by atoms with Crippen molar-refractivity contribution in [1.29, 1.82) is 0 Å². The van der Waals surface area contributed by atoms with Gasteiger partial charge in [0.1, 0.15) is 5.82 Å². The molecule has 0 saturated carbocycles. The molecule has 0 unspecified atom stereocenters. The topological polar surface area (TPSA) is 49.3 Å². The van der Waals surface area contributed by atoms with E-state index in [0.717, 1.165) is 29.5 Å². The number of anilines is 1. The number of rotatable bonds is 3. The van der Waals surface area contributed by atoms with Gasteiger partial charge in [0.2, 0.25) is 5.13 Å². The van der Waals surface area contributed by atoms with Crippen molar-refractivity contribution in [2.24, 2.45) is 0 Å². The first-order valence-corrected chi connectivity index (χ1v) is 9.67. The van der Waals surface area contributed by atoms with Crippen molar-refractivity contribution in [2.75, 3.05) is 31.1 Å². The highest BCUT2D eigenvalue weighted by atomic mass is 32.1. The summed E-state index contributed by atoms with van der Waals surface area (Å²) in [5.74, 6) is 0.214. The highest BCUT2D eigenvalue weighted by molar-refractivity contribution is 7.09. The Morgan fingerprint density at radius 3 is 2.67 bits per heavy atom. The molecule has 4 rings (SSSR count). The van der Waals surface area contributed by atoms with Crippen molar-refractivity contribution in [3.8, 4) is 11.4 Å². The first-order valence-electron chi connectivity index (χ1n) is 8.89. The molecule has 27 heavy (non-hydrogen) atoms. The number of aromatic nitrogens is 2. The molecule has 7 heteroatoms. The summed E-state index contributed by atoms with van der Waals surface area (Å²) in [6.45, 7) is 2.73. The predicted octanol–water partition coefficient (Wildman–Crippen LogP) is 3.70. The normalized spacial score (nSPS) is 14.9. The van der Waals surface area contributed by atoms with Gasteiger partial charge in [0.15, 0.2) is 5.82 Å². The molecule has 5 nitrogen and oxygen atoms in total. The molecule has 1 saturated heterocycles. The van der Waals surface area contributed by atoms with Crippen LogP contribution in [-0.4, -0.2) is 46.3 Å². The molecule has 1 aliphatic rings. The minimum atomic E-state index is -0.389. The Labute approximate surface area is 161 Å². The first kappa shape index (κ1) is 17.6. The van der Waals surface area contributed by atoms with E-state index < -0.39 is 0 Å². The summed E-state index contributed by atoms with van der Waals surface area (Å²) >= 11 is 1.38. The van der Waals surface area contributed by atoms with E-state index in [-0.39, 0.29) is 11.7 Å². The third kappa shape index (κ3) is 3.98. The Bertz CT molecular complexity index is 930. The number of amides is 1. The minimum absolute atomic E-state index is 0.126. The van der Waals surface area contributed by atoms with E-state index in [1.807, 2.05) is 30.3 Å². The fourth-order valence-corrected chi connectivity index (χ4v) is 3.90. The number of carbonyl (C=O) groups excluding carboxylic acids is 1. The molecule has 0 radical (unpaired) electrons. The van der Waals surface area contributed by atoms with Crippen molar-refractivity contribution in [2.45, 2.75) is 6.42 Å². The van der Waals surface area contributed by atoms with Crippen molar-refractivity contribution >= 4 is 22.6 Å². The zero-order valence-corrected chi connectivity index (χ0v) is 15.5. The van der Waals surface area contributed by atoms with Gasteiger partial charge in [-0.05, 0) is 24.6 Å². The molecule has 0 N–H and O–H groups in total. The number of hydrogen-bond acceptors (Lipinski definition) is 5. The highest BCUT2D eigenvalue weighted by Gasteiger charge is 2.22. The van der Waals surface area contributed by atoms with E-state index in [1.54, 1.807) is 17.0 Å². The first-order chi connectivity index (χ1) is 13.2. The molecule has 3 aromatic rings. The lowest BCUT2D eigenvalue weighted by molar-refractivity contribution is 0.0766. The molecule has 1 amide bonds. The van der Waals surface area contributed by atoms with Crippen LogP contribution in [0.1, 0.15) is 16.8 Å². The van der Waals surface area contributed by atoms with Gasteiger partial charge in [-0.15, -0.1) is 0 Å². The number of carbonyl (C=O) groups is 1. The molecule has 1 fully saturated rings. The third-order valence-corrected chi connectivity index (χ3v) is 5.35. The molecule has 0 aliphatic carbocycles. The third-order valence-electron chi connectivity index (χ3n) is 4.57. The lowest BCUT2D eigenvalue weighted by Crippen LogP contribution is -2.35. The SMILES string of the molecule is O=C(c1cccc(F)c1)N1CCCN(c2nc(-c3ccccc3)ns2)CC1. The molecular formula is C20H19FN4OS. The molecular weight excluding hydrogens is 363 g/mol. The number of nitrogens with zero attached hydrogens (tertiary/aromatic N) is 4. The van der Waals surface area contributed by atoms with Crippen LogP contribution in [0.2, 0.25) is 0 Å². The summed E-state index contributed by atoms with van der Waals surface area (Å²) in [5.41, 5.74) is 1.39. The lowest BCUT2D eigenvalue weighted by atomic mass is 10.2. The van der Waals surface area contributed by atoms with E-state index in [9.17, 15) is 9.18 Å². The molecule has 2 heterocycles. The van der Waals surface area contributed by atoms with Gasteiger partial charge in [0, 0.05) is 48.8 Å². The largest absolute Gasteiger partial charge is 0.345 e. The van der Waals surface area contributed by atoms with Crippen molar-refractivity contribution in [1.82, 2.24) is 14.3 Å². The summed E-state index contributed by atoms with van der Waals surface area (Å²) in [4.78, 5) is 21.3. The van der Waals surface area contributed by atoms with Gasteiger partial charge in [-0.25, -0.2) is 4.39 Å². The van der Waals surface area contributed by atoms with Gasteiger partial charge in [0.05, 0.1) is 0 Å². The van der Waals surface area contributed by atoms with E-state index in [0.29, 0.717) is 25.2 Å². The highest BCUT2D eigenvalue weighted by Crippen LogP contribution is 2.25. The maximum absolute atomic E-state index is 13.4. The Hall–Kier alpha value is -2.80. The van der Waals surface area contributed by atoms with E-state index in [4.69, 9.17) is 0 Å². The Morgan fingerprint density at radius 1 is 1.00 bits per heavy atom. The quantitative estimate of drug-likeness (QED) is 0.693. The van der Waals surface area contributed by atoms with Crippen molar-refractivity contribution in [3.05, 3.63) is 66.0 Å². The average Bonchev–Trinajstić information content (AvgIpc) is 3.06. The second-order valence-electron chi connectivity index (χ2n) is 6.41. The summed E-state index contributed by atoms with van der Waals surface area (Å²) in [6.07, 6.45) is 0.835. The Balaban J connectivity index is 1.44. The van der Waals surface area contributed by atoms with Gasteiger partial charge in [-0.2, -0.15) is 9.36 Å². The summed E-state index contributed by atoms with van der Waals surface area (Å²) in [7, 11) is 0. The van der Waals surface area contributed by atoms with Crippen LogP contribution in [0.15, 0.2) is 54.6 Å². The number of hydrogen-bond donors (Lipinski definition) is 0. The van der Waals surface area contributed by atoms with Crippen LogP contribution in [0, 0.1) is 5.82 Å². The molecule has 2 aromatic carbocycles. The second-order valence-corrected chi connectivity index (χ2v) is 7.14. The average molecular weight is 382 g/mol. The predicted molar refractivity (Wildman–Crippen MR) is 104 cm³/mol. The maximum atomic E-state index is 13.4. The van der Waals surface area contributed by atoms with Crippen molar-refractivity contribution in [3.63, 3.8) is 0 Å². The zero-order valence-electron chi connectivity index (χ0n) is 14.7. The Morgan fingerprint density at radius 2 is 1.85 bits per heavy atom. The van der Waals surface area contributed by atoms with Crippen LogP contribution in [0.4, 0.5) is 9.52 Å². The lowest BCUT2D eigenvalue weighted by Gasteiger charge is -2.21. The van der Waals surface area contributed by atoms with E-state index >= 15 is 0 Å². The number of benzene rings is 2. The standard InChI is InChI=1S/C20H19FN4OS/c21-17-9-4-8-16(14-17)19(26)24-10-5-11-25(13-12-24)20-22-18(23-27-20)15-6-2-1-3-7-15/h1-4,6-9,14H,5,10-13H2. The number of halogens is 1. The van der Waals surface area contributed by atoms with Gasteiger partial charge < -0.3 is 9.80 Å².